The maximum Gasteiger partial charge on any atom is 0.472 e. The molecule has 27 heavy (non-hydrogen) atoms. The molecule has 0 bridgehead atoms. The van der Waals surface area contributed by atoms with Crippen molar-refractivity contribution in [3.8, 4) is 0 Å². The fourth-order valence-corrected chi connectivity index (χ4v) is 2.45. The quantitative estimate of drug-likeness (QED) is 0.220. The summed E-state index contributed by atoms with van der Waals surface area (Å²) >= 11 is 0. The SMILES string of the molecule is CCCCC(=O)NC(COP(=O)(O)OCC(O)COC(=O)CCC)C(=O)O. The van der Waals surface area contributed by atoms with Crippen LogP contribution in [0.15, 0.2) is 0 Å². The Balaban J connectivity index is 4.33. The molecule has 12 heteroatoms. The molecule has 0 fully saturated rings. The molecule has 158 valence electrons. The van der Waals surface area contributed by atoms with Gasteiger partial charge in [0.25, 0.3) is 0 Å². The van der Waals surface area contributed by atoms with E-state index in [9.17, 15) is 28.9 Å². The molecule has 1 amide bonds. The van der Waals surface area contributed by atoms with E-state index in [0.717, 1.165) is 6.42 Å². The maximum atomic E-state index is 11.7. The number of aliphatic hydroxyl groups is 1. The van der Waals surface area contributed by atoms with Crippen LogP contribution in [0.5, 0.6) is 0 Å². The van der Waals surface area contributed by atoms with Crippen LogP contribution in [0.25, 0.3) is 0 Å². The highest BCUT2D eigenvalue weighted by atomic mass is 31.2. The van der Waals surface area contributed by atoms with Crippen molar-refractivity contribution in [2.24, 2.45) is 0 Å². The lowest BCUT2D eigenvalue weighted by Crippen LogP contribution is -2.43. The average molecular weight is 413 g/mol. The fourth-order valence-electron chi connectivity index (χ4n) is 1.68. The summed E-state index contributed by atoms with van der Waals surface area (Å²) in [7, 11) is -4.68. The first-order valence-corrected chi connectivity index (χ1v) is 10.1. The van der Waals surface area contributed by atoms with Crippen LogP contribution in [0.2, 0.25) is 0 Å². The number of phosphoric ester groups is 1. The minimum atomic E-state index is -4.68. The van der Waals surface area contributed by atoms with Crippen molar-refractivity contribution in [3.05, 3.63) is 0 Å². The summed E-state index contributed by atoms with van der Waals surface area (Å²) in [6, 6.07) is -1.53. The zero-order valence-electron chi connectivity index (χ0n) is 15.5. The number of amides is 1. The Labute approximate surface area is 157 Å². The number of esters is 1. The number of nitrogens with one attached hydrogen (secondary N) is 1. The predicted octanol–water partition coefficient (Wildman–Crippen LogP) is 0.584. The maximum absolute atomic E-state index is 11.7. The van der Waals surface area contributed by atoms with Crippen LogP contribution >= 0.6 is 7.82 Å². The van der Waals surface area contributed by atoms with Gasteiger partial charge in [-0.3, -0.25) is 18.6 Å². The van der Waals surface area contributed by atoms with E-state index in [4.69, 9.17) is 9.84 Å². The van der Waals surface area contributed by atoms with Gasteiger partial charge in [-0.15, -0.1) is 0 Å². The molecule has 0 spiro atoms. The Kier molecular flexibility index (Phi) is 12.9. The lowest BCUT2D eigenvalue weighted by Gasteiger charge is -2.18. The molecular formula is C15H28NO10P. The molecule has 0 saturated heterocycles. The van der Waals surface area contributed by atoms with Crippen molar-refractivity contribution >= 4 is 25.7 Å². The molecule has 0 aromatic rings. The number of aliphatic carboxylic acids is 1. The van der Waals surface area contributed by atoms with Crippen LogP contribution in [-0.4, -0.2) is 64.9 Å². The number of carbonyl (C=O) groups is 3. The minimum Gasteiger partial charge on any atom is -0.480 e. The molecule has 3 atom stereocenters. The van der Waals surface area contributed by atoms with Gasteiger partial charge in [-0.2, -0.15) is 0 Å². The van der Waals surface area contributed by atoms with Gasteiger partial charge >= 0.3 is 19.8 Å². The van der Waals surface area contributed by atoms with E-state index in [-0.39, 0.29) is 12.8 Å². The van der Waals surface area contributed by atoms with E-state index >= 15 is 0 Å². The Morgan fingerprint density at radius 1 is 1.04 bits per heavy atom. The van der Waals surface area contributed by atoms with Crippen LogP contribution in [0, 0.1) is 0 Å². The standard InChI is InChI=1S/C15H28NO10P/c1-3-5-7-13(18)16-12(15(20)21)10-26-27(22,23)25-9-11(17)8-24-14(19)6-4-2/h11-12,17H,3-10H2,1-2H3,(H,16,18)(H,20,21)(H,22,23). The zero-order chi connectivity index (χ0) is 20.9. The van der Waals surface area contributed by atoms with E-state index in [2.05, 4.69) is 14.4 Å². The van der Waals surface area contributed by atoms with Gasteiger partial charge < -0.3 is 25.2 Å². The highest BCUT2D eigenvalue weighted by Gasteiger charge is 2.28. The summed E-state index contributed by atoms with van der Waals surface area (Å²) in [4.78, 5) is 43.3. The molecule has 0 aliphatic rings. The molecule has 4 N–H and O–H groups in total. The van der Waals surface area contributed by atoms with E-state index < -0.39 is 57.6 Å². The second kappa shape index (κ2) is 13.6. The second-order valence-electron chi connectivity index (χ2n) is 5.71. The Morgan fingerprint density at radius 3 is 2.22 bits per heavy atom. The molecule has 0 aromatic heterocycles. The van der Waals surface area contributed by atoms with Crippen molar-refractivity contribution in [2.75, 3.05) is 19.8 Å². The van der Waals surface area contributed by atoms with Gasteiger partial charge in [0.2, 0.25) is 5.91 Å². The topological polar surface area (TPSA) is 169 Å². The third-order valence-corrected chi connectivity index (χ3v) is 4.07. The van der Waals surface area contributed by atoms with Crippen molar-refractivity contribution < 1.29 is 47.8 Å². The fraction of sp³-hybridized carbons (Fsp3) is 0.800. The van der Waals surface area contributed by atoms with Gasteiger partial charge in [-0.25, -0.2) is 9.36 Å². The Bertz CT molecular complexity index is 527. The lowest BCUT2D eigenvalue weighted by atomic mass is 10.2. The number of carboxylic acids is 1. The number of hydrogen-bond acceptors (Lipinski definition) is 8. The van der Waals surface area contributed by atoms with Crippen molar-refractivity contribution in [2.45, 2.75) is 58.1 Å². The normalized spacial score (nSPS) is 15.4. The summed E-state index contributed by atoms with van der Waals surface area (Å²) in [6.07, 6.45) is 0.828. The second-order valence-corrected chi connectivity index (χ2v) is 7.16. The summed E-state index contributed by atoms with van der Waals surface area (Å²) in [5.41, 5.74) is 0. The van der Waals surface area contributed by atoms with Crippen molar-refractivity contribution in [1.29, 1.82) is 0 Å². The van der Waals surface area contributed by atoms with Crippen molar-refractivity contribution in [3.63, 3.8) is 0 Å². The minimum absolute atomic E-state index is 0.122. The summed E-state index contributed by atoms with van der Waals surface area (Å²) in [6.45, 7) is 1.74. The van der Waals surface area contributed by atoms with E-state index in [1.165, 1.54) is 0 Å². The van der Waals surface area contributed by atoms with E-state index in [1.807, 2.05) is 6.92 Å². The number of aliphatic hydroxyl groups excluding tert-OH is 1. The van der Waals surface area contributed by atoms with Crippen molar-refractivity contribution in [1.82, 2.24) is 5.32 Å². The molecular weight excluding hydrogens is 385 g/mol. The number of phosphoric acid groups is 1. The number of ether oxygens (including phenoxy) is 1. The van der Waals surface area contributed by atoms with Crippen LogP contribution < -0.4 is 5.32 Å². The van der Waals surface area contributed by atoms with Gasteiger partial charge in [-0.05, 0) is 12.8 Å². The summed E-state index contributed by atoms with van der Waals surface area (Å²) in [5.74, 6) is -2.49. The molecule has 3 unspecified atom stereocenters. The lowest BCUT2D eigenvalue weighted by molar-refractivity contribution is -0.147. The van der Waals surface area contributed by atoms with Gasteiger partial charge in [0.1, 0.15) is 12.7 Å². The van der Waals surface area contributed by atoms with Gasteiger partial charge in [0, 0.05) is 12.8 Å². The summed E-state index contributed by atoms with van der Waals surface area (Å²) in [5, 5.41) is 20.8. The number of carbonyl (C=O) groups excluding carboxylic acids is 2. The molecule has 0 aliphatic carbocycles. The molecule has 0 aliphatic heterocycles. The van der Waals surface area contributed by atoms with Crippen LogP contribution in [-0.2, 0) is 32.7 Å². The predicted molar refractivity (Wildman–Crippen MR) is 92.7 cm³/mol. The first-order valence-electron chi connectivity index (χ1n) is 8.59. The highest BCUT2D eigenvalue weighted by Crippen LogP contribution is 2.43. The Morgan fingerprint density at radius 2 is 1.67 bits per heavy atom. The number of carboxylic acid groups (broad SMARTS) is 1. The molecule has 0 aromatic carbocycles. The Hall–Kier alpha value is -1.52. The molecule has 0 radical (unpaired) electrons. The molecule has 0 saturated carbocycles. The highest BCUT2D eigenvalue weighted by molar-refractivity contribution is 7.47. The van der Waals surface area contributed by atoms with Crippen LogP contribution in [0.1, 0.15) is 46.0 Å². The first-order chi connectivity index (χ1) is 12.6. The van der Waals surface area contributed by atoms with Gasteiger partial charge in [0.05, 0.1) is 13.2 Å². The average Bonchev–Trinajstić information content (AvgIpc) is 2.60. The molecule has 11 nitrogen and oxygen atoms in total. The summed E-state index contributed by atoms with van der Waals surface area (Å²) < 4.78 is 25.5. The monoisotopic (exact) mass is 413 g/mol. The van der Waals surface area contributed by atoms with E-state index in [1.54, 1.807) is 6.92 Å². The number of rotatable bonds is 15. The van der Waals surface area contributed by atoms with Gasteiger partial charge in [0.15, 0.2) is 6.04 Å². The third-order valence-electron chi connectivity index (χ3n) is 3.12. The zero-order valence-corrected chi connectivity index (χ0v) is 16.4. The number of unbranched alkanes of at least 4 members (excludes halogenated alkanes) is 1. The van der Waals surface area contributed by atoms with Crippen LogP contribution in [0.3, 0.4) is 0 Å². The largest absolute Gasteiger partial charge is 0.480 e. The van der Waals surface area contributed by atoms with Crippen LogP contribution in [0.4, 0.5) is 0 Å². The smallest absolute Gasteiger partial charge is 0.472 e. The first kappa shape index (κ1) is 25.5. The molecule has 0 heterocycles. The molecule has 0 rings (SSSR count). The van der Waals surface area contributed by atoms with E-state index in [0.29, 0.717) is 12.8 Å². The number of hydrogen-bond donors (Lipinski definition) is 4. The van der Waals surface area contributed by atoms with Gasteiger partial charge in [-0.1, -0.05) is 20.3 Å². The third kappa shape index (κ3) is 13.3.